The molecule has 2 aromatic heterocycles. The Morgan fingerprint density at radius 2 is 1.80 bits per heavy atom. The van der Waals surface area contributed by atoms with Gasteiger partial charge in [0.05, 0.1) is 30.3 Å². The molecule has 0 aliphatic rings. The number of aromatic nitrogens is 2. The minimum Gasteiger partial charge on any atom is -0.493 e. The second-order valence-electron chi connectivity index (χ2n) is 8.27. The first-order valence-corrected chi connectivity index (χ1v) is 11.9. The van der Waals surface area contributed by atoms with Gasteiger partial charge < -0.3 is 9.15 Å². The highest BCUT2D eigenvalue weighted by Gasteiger charge is 2.20. The summed E-state index contributed by atoms with van der Waals surface area (Å²) in [5.74, 6) is 1.46. The number of hydrogen-bond donors (Lipinski definition) is 0. The van der Waals surface area contributed by atoms with E-state index < -0.39 is 0 Å². The summed E-state index contributed by atoms with van der Waals surface area (Å²) in [6.45, 7) is 6.45. The first-order valence-electron chi connectivity index (χ1n) is 11.9. The maximum Gasteiger partial charge on any atom is 0.345 e. The maximum atomic E-state index is 12.1. The lowest BCUT2D eigenvalue weighted by Gasteiger charge is -2.13. The van der Waals surface area contributed by atoms with Gasteiger partial charge in [0.1, 0.15) is 17.2 Å². The molecule has 2 aromatic carbocycles. The first-order chi connectivity index (χ1) is 17.1. The lowest BCUT2D eigenvalue weighted by molar-refractivity contribution is -0.273. The number of oxazole rings is 1. The minimum absolute atomic E-state index is 0.241. The van der Waals surface area contributed by atoms with E-state index in [0.29, 0.717) is 44.1 Å². The Morgan fingerprint density at radius 3 is 2.57 bits per heavy atom. The maximum absolute atomic E-state index is 12.1. The third kappa shape index (κ3) is 6.25. The smallest absolute Gasteiger partial charge is 0.345 e. The van der Waals surface area contributed by atoms with Crippen molar-refractivity contribution in [2.45, 2.75) is 40.0 Å². The van der Waals surface area contributed by atoms with Crippen molar-refractivity contribution >= 4 is 16.9 Å². The molecule has 0 saturated heterocycles. The third-order valence-corrected chi connectivity index (χ3v) is 5.81. The zero-order chi connectivity index (χ0) is 24.6. The molecule has 1 atom stereocenters. The number of fused-ring (bicyclic) bond motifs is 1. The lowest BCUT2D eigenvalue weighted by atomic mass is 9.97. The van der Waals surface area contributed by atoms with Crippen molar-refractivity contribution in [3.8, 4) is 17.3 Å². The summed E-state index contributed by atoms with van der Waals surface area (Å²) < 4.78 is 11.8. The van der Waals surface area contributed by atoms with Gasteiger partial charge in [0.15, 0.2) is 0 Å². The molecule has 0 aliphatic carbocycles. The Balaban J connectivity index is 1.32. The van der Waals surface area contributed by atoms with E-state index in [2.05, 4.69) is 9.97 Å². The van der Waals surface area contributed by atoms with Crippen LogP contribution in [0.2, 0.25) is 0 Å². The lowest BCUT2D eigenvalue weighted by Crippen LogP contribution is -2.19. The molecule has 0 unspecified atom stereocenters. The van der Waals surface area contributed by atoms with Crippen LogP contribution in [0.1, 0.15) is 37.3 Å². The van der Waals surface area contributed by atoms with Gasteiger partial charge in [-0.25, -0.2) is 14.8 Å². The van der Waals surface area contributed by atoms with Crippen molar-refractivity contribution in [2.24, 2.45) is 5.92 Å². The van der Waals surface area contributed by atoms with Crippen molar-refractivity contribution in [3.63, 3.8) is 0 Å². The van der Waals surface area contributed by atoms with Crippen LogP contribution < -0.4 is 4.74 Å². The molecule has 0 bridgehead atoms. The van der Waals surface area contributed by atoms with Crippen LogP contribution in [-0.4, -0.2) is 29.2 Å². The molecule has 0 spiro atoms. The van der Waals surface area contributed by atoms with Gasteiger partial charge in [-0.3, -0.25) is 4.89 Å². The second kappa shape index (κ2) is 11.6. The van der Waals surface area contributed by atoms with E-state index in [-0.39, 0.29) is 11.9 Å². The van der Waals surface area contributed by atoms with Crippen molar-refractivity contribution in [3.05, 3.63) is 77.7 Å². The summed E-state index contributed by atoms with van der Waals surface area (Å²) in [6, 6.07) is 19.7. The van der Waals surface area contributed by atoms with E-state index in [1.54, 1.807) is 6.92 Å². The molecule has 0 saturated carbocycles. The Kier molecular flexibility index (Phi) is 8.11. The molecule has 0 N–H and O–H groups in total. The zero-order valence-electron chi connectivity index (χ0n) is 20.3. The van der Waals surface area contributed by atoms with Crippen molar-refractivity contribution in [1.29, 1.82) is 0 Å². The topological polar surface area (TPSA) is 83.7 Å². The minimum atomic E-state index is -0.337. The van der Waals surface area contributed by atoms with E-state index in [0.717, 1.165) is 33.7 Å². The molecule has 7 heteroatoms. The molecule has 0 amide bonds. The summed E-state index contributed by atoms with van der Waals surface area (Å²) in [4.78, 5) is 31.0. The van der Waals surface area contributed by atoms with Gasteiger partial charge in [-0.1, -0.05) is 43.3 Å². The molecule has 182 valence electrons. The van der Waals surface area contributed by atoms with E-state index in [1.807, 2.05) is 74.5 Å². The van der Waals surface area contributed by atoms with Crippen LogP contribution in [0.15, 0.2) is 65.1 Å². The number of carbonyl (C=O) groups is 1. The van der Waals surface area contributed by atoms with Crippen LogP contribution in [0.4, 0.5) is 0 Å². The van der Waals surface area contributed by atoms with Crippen LogP contribution in [-0.2, 0) is 27.4 Å². The Morgan fingerprint density at radius 1 is 1.00 bits per heavy atom. The van der Waals surface area contributed by atoms with Gasteiger partial charge in [0.25, 0.3) is 0 Å². The largest absolute Gasteiger partial charge is 0.493 e. The summed E-state index contributed by atoms with van der Waals surface area (Å²) in [6.07, 6.45) is 1.89. The number of carbonyl (C=O) groups excluding carboxylic acids is 1. The highest BCUT2D eigenvalue weighted by Crippen LogP contribution is 2.23. The predicted octanol–water partition coefficient (Wildman–Crippen LogP) is 5.88. The average molecular weight is 475 g/mol. The molecule has 4 rings (SSSR count). The summed E-state index contributed by atoms with van der Waals surface area (Å²) in [5.41, 5.74) is 3.51. The average Bonchev–Trinajstić information content (AvgIpc) is 3.26. The SMILES string of the molecule is CCOOC(=O)[C@@H](CC)Cc1ccc(OCCc2nc(-c3ccc4ccccc4n3)oc2C)cc1. The predicted molar refractivity (Wildman–Crippen MR) is 133 cm³/mol. The van der Waals surface area contributed by atoms with Crippen LogP contribution in [0.25, 0.3) is 22.5 Å². The monoisotopic (exact) mass is 474 g/mol. The fourth-order valence-electron chi connectivity index (χ4n) is 3.81. The Labute approximate surface area is 205 Å². The van der Waals surface area contributed by atoms with E-state index >= 15 is 0 Å². The molecule has 35 heavy (non-hydrogen) atoms. The quantitative estimate of drug-likeness (QED) is 0.198. The molecule has 7 nitrogen and oxygen atoms in total. The molecule has 4 aromatic rings. The number of ether oxygens (including phenoxy) is 1. The van der Waals surface area contributed by atoms with Crippen LogP contribution in [0.3, 0.4) is 0 Å². The fraction of sp³-hybridized carbons (Fsp3) is 0.321. The van der Waals surface area contributed by atoms with Gasteiger partial charge in [-0.05, 0) is 56.5 Å². The Bertz CT molecular complexity index is 1270. The highest BCUT2D eigenvalue weighted by molar-refractivity contribution is 5.80. The number of aryl methyl sites for hydroxylation is 1. The van der Waals surface area contributed by atoms with Gasteiger partial charge in [0.2, 0.25) is 5.89 Å². The van der Waals surface area contributed by atoms with Crippen LogP contribution in [0.5, 0.6) is 5.75 Å². The highest BCUT2D eigenvalue weighted by atomic mass is 17.2. The van der Waals surface area contributed by atoms with Crippen molar-refractivity contribution in [2.75, 3.05) is 13.2 Å². The number of nitrogens with zero attached hydrogens (tertiary/aromatic N) is 2. The van der Waals surface area contributed by atoms with E-state index in [4.69, 9.17) is 18.9 Å². The third-order valence-electron chi connectivity index (χ3n) is 5.81. The summed E-state index contributed by atoms with van der Waals surface area (Å²) in [5, 5.41) is 1.08. The number of para-hydroxylation sites is 1. The molecule has 0 fully saturated rings. The summed E-state index contributed by atoms with van der Waals surface area (Å²) >= 11 is 0. The number of hydrogen-bond acceptors (Lipinski definition) is 7. The molecule has 0 radical (unpaired) electrons. The number of pyridine rings is 1. The Hall–Kier alpha value is -3.71. The van der Waals surface area contributed by atoms with Gasteiger partial charge in [-0.15, -0.1) is 0 Å². The fourth-order valence-corrected chi connectivity index (χ4v) is 3.81. The van der Waals surface area contributed by atoms with Gasteiger partial charge in [-0.2, -0.15) is 4.89 Å². The number of rotatable bonds is 11. The van der Waals surface area contributed by atoms with Crippen LogP contribution in [0, 0.1) is 12.8 Å². The van der Waals surface area contributed by atoms with Crippen molar-refractivity contribution < 1.29 is 23.7 Å². The molecular weight excluding hydrogens is 444 g/mol. The standard InChI is InChI=1S/C28H30N2O5/c1-4-21(28(31)35-33-5-2)18-20-10-13-23(14-11-20)32-17-16-24-19(3)34-27(30-24)26-15-12-22-8-6-7-9-25(22)29-26/h6-15,21H,4-5,16-18H2,1-3H3/t21-/m0/s1. The molecule has 2 heterocycles. The van der Waals surface area contributed by atoms with Gasteiger partial charge in [0, 0.05) is 11.8 Å². The number of benzene rings is 2. The van der Waals surface area contributed by atoms with Gasteiger partial charge >= 0.3 is 5.97 Å². The van der Waals surface area contributed by atoms with E-state index in [1.165, 1.54) is 0 Å². The van der Waals surface area contributed by atoms with Crippen LogP contribution >= 0.6 is 0 Å². The second-order valence-corrected chi connectivity index (χ2v) is 8.27. The molecule has 0 aliphatic heterocycles. The van der Waals surface area contributed by atoms with E-state index in [9.17, 15) is 4.79 Å². The molecular formula is C28H30N2O5. The summed E-state index contributed by atoms with van der Waals surface area (Å²) in [7, 11) is 0. The first kappa shape index (κ1) is 24.4. The normalized spacial score (nSPS) is 12.0. The van der Waals surface area contributed by atoms with Crippen molar-refractivity contribution in [1.82, 2.24) is 9.97 Å². The zero-order valence-corrected chi connectivity index (χ0v) is 20.3.